The van der Waals surface area contributed by atoms with E-state index in [1.165, 1.54) is 7.11 Å². The summed E-state index contributed by atoms with van der Waals surface area (Å²) in [5.74, 6) is -0.973. The van der Waals surface area contributed by atoms with E-state index in [0.717, 1.165) is 37.7 Å². The van der Waals surface area contributed by atoms with Gasteiger partial charge in [-0.2, -0.15) is 0 Å². The minimum atomic E-state index is -0.811. The van der Waals surface area contributed by atoms with Crippen LogP contribution in [0.4, 0.5) is 4.79 Å². The molecule has 2 atom stereocenters. The van der Waals surface area contributed by atoms with Crippen LogP contribution < -0.4 is 10.6 Å². The van der Waals surface area contributed by atoms with Crippen molar-refractivity contribution < 1.29 is 23.9 Å². The molecule has 0 heterocycles. The van der Waals surface area contributed by atoms with Crippen LogP contribution in [0.5, 0.6) is 0 Å². The number of ether oxygens (including phenoxy) is 2. The van der Waals surface area contributed by atoms with E-state index < -0.39 is 30.1 Å². The zero-order chi connectivity index (χ0) is 21.2. The Hall–Kier alpha value is -2.57. The van der Waals surface area contributed by atoms with Crippen molar-refractivity contribution in [2.75, 3.05) is 7.11 Å². The molecule has 0 saturated heterocycles. The number of carbonyl (C=O) groups is 3. The van der Waals surface area contributed by atoms with Crippen molar-refractivity contribution in [3.05, 3.63) is 35.9 Å². The molecule has 0 spiro atoms. The topological polar surface area (TPSA) is 93.7 Å². The Labute approximate surface area is 172 Å². The van der Waals surface area contributed by atoms with Gasteiger partial charge < -0.3 is 20.1 Å². The van der Waals surface area contributed by atoms with Crippen LogP contribution in [-0.4, -0.2) is 37.2 Å². The summed E-state index contributed by atoms with van der Waals surface area (Å²) < 4.78 is 10.1. The lowest BCUT2D eigenvalue weighted by atomic mass is 9.83. The second-order valence-corrected chi connectivity index (χ2v) is 7.84. The van der Waals surface area contributed by atoms with Crippen molar-refractivity contribution in [2.24, 2.45) is 11.8 Å². The molecule has 29 heavy (non-hydrogen) atoms. The Bertz CT molecular complexity index is 671. The minimum absolute atomic E-state index is 0.0537. The number of amides is 2. The smallest absolute Gasteiger partial charge is 0.408 e. The predicted octanol–water partition coefficient (Wildman–Crippen LogP) is 3.18. The molecule has 0 aromatic heterocycles. The molecule has 7 nitrogen and oxygen atoms in total. The van der Waals surface area contributed by atoms with Gasteiger partial charge in [0.25, 0.3) is 0 Å². The molecule has 2 rings (SSSR count). The quantitative estimate of drug-likeness (QED) is 0.649. The monoisotopic (exact) mass is 404 g/mol. The Kier molecular flexibility index (Phi) is 8.96. The molecule has 1 fully saturated rings. The van der Waals surface area contributed by atoms with Crippen molar-refractivity contribution >= 4 is 18.0 Å². The molecule has 0 bridgehead atoms. The average Bonchev–Trinajstić information content (AvgIpc) is 2.74. The molecule has 1 aliphatic rings. The number of benzene rings is 1. The maximum atomic E-state index is 12.9. The molecular weight excluding hydrogens is 372 g/mol. The first-order valence-corrected chi connectivity index (χ1v) is 10.3. The van der Waals surface area contributed by atoms with Crippen LogP contribution in [0.3, 0.4) is 0 Å². The highest BCUT2D eigenvalue weighted by atomic mass is 16.5. The van der Waals surface area contributed by atoms with E-state index in [2.05, 4.69) is 10.6 Å². The normalized spacial score (nSPS) is 16.6. The van der Waals surface area contributed by atoms with E-state index >= 15 is 0 Å². The minimum Gasteiger partial charge on any atom is -0.467 e. The van der Waals surface area contributed by atoms with Crippen molar-refractivity contribution in [3.8, 4) is 0 Å². The lowest BCUT2D eigenvalue weighted by Crippen LogP contribution is -2.56. The third-order valence-corrected chi connectivity index (χ3v) is 5.31. The summed E-state index contributed by atoms with van der Waals surface area (Å²) in [6.45, 7) is 3.77. The zero-order valence-electron chi connectivity index (χ0n) is 17.5. The fourth-order valence-corrected chi connectivity index (χ4v) is 3.63. The summed E-state index contributed by atoms with van der Waals surface area (Å²) >= 11 is 0. The summed E-state index contributed by atoms with van der Waals surface area (Å²) in [6, 6.07) is 7.80. The summed E-state index contributed by atoms with van der Waals surface area (Å²) in [7, 11) is 1.32. The fraction of sp³-hybridized carbons (Fsp3) is 0.591. The lowest BCUT2D eigenvalue weighted by Gasteiger charge is -2.31. The van der Waals surface area contributed by atoms with Gasteiger partial charge in [-0.3, -0.25) is 4.79 Å². The second-order valence-electron chi connectivity index (χ2n) is 7.84. The van der Waals surface area contributed by atoms with Gasteiger partial charge >= 0.3 is 12.1 Å². The SMILES string of the molecule is COC(=O)[C@@H](NC(=O)C(NC(=O)OCc1ccccc1)C(C)C)C1CCCCC1. The van der Waals surface area contributed by atoms with Gasteiger partial charge in [-0.15, -0.1) is 0 Å². The maximum Gasteiger partial charge on any atom is 0.408 e. The van der Waals surface area contributed by atoms with Crippen LogP contribution in [-0.2, 0) is 25.7 Å². The Morgan fingerprint density at radius 3 is 2.28 bits per heavy atom. The first-order valence-electron chi connectivity index (χ1n) is 10.3. The highest BCUT2D eigenvalue weighted by Gasteiger charge is 2.34. The second kappa shape index (κ2) is 11.4. The van der Waals surface area contributed by atoms with Crippen LogP contribution in [0, 0.1) is 11.8 Å². The van der Waals surface area contributed by atoms with Gasteiger partial charge in [-0.1, -0.05) is 63.4 Å². The van der Waals surface area contributed by atoms with Gasteiger partial charge in [0, 0.05) is 0 Å². The van der Waals surface area contributed by atoms with E-state index in [1.807, 2.05) is 44.2 Å². The van der Waals surface area contributed by atoms with Crippen LogP contribution in [0.25, 0.3) is 0 Å². The molecule has 7 heteroatoms. The summed E-state index contributed by atoms with van der Waals surface area (Å²) in [5, 5.41) is 5.44. The summed E-state index contributed by atoms with van der Waals surface area (Å²) in [4.78, 5) is 37.4. The number of carbonyl (C=O) groups excluding carboxylic acids is 3. The third-order valence-electron chi connectivity index (χ3n) is 5.31. The van der Waals surface area contributed by atoms with Crippen LogP contribution >= 0.6 is 0 Å². The number of methoxy groups -OCH3 is 1. The number of esters is 1. The average molecular weight is 405 g/mol. The fourth-order valence-electron chi connectivity index (χ4n) is 3.63. The first-order chi connectivity index (χ1) is 13.9. The van der Waals surface area contributed by atoms with E-state index in [1.54, 1.807) is 0 Å². The summed E-state index contributed by atoms with van der Waals surface area (Å²) in [6.07, 6.45) is 4.28. The molecule has 1 saturated carbocycles. The van der Waals surface area contributed by atoms with E-state index in [4.69, 9.17) is 9.47 Å². The van der Waals surface area contributed by atoms with Crippen molar-refractivity contribution in [2.45, 2.75) is 64.6 Å². The number of rotatable bonds is 8. The highest BCUT2D eigenvalue weighted by molar-refractivity contribution is 5.90. The number of nitrogens with one attached hydrogen (secondary N) is 2. The largest absolute Gasteiger partial charge is 0.467 e. The standard InChI is InChI=1S/C22H32N2O5/c1-15(2)18(24-22(27)29-14-16-10-6-4-7-11-16)20(25)23-19(21(26)28-3)17-12-8-5-9-13-17/h4,6-7,10-11,15,17-19H,5,8-9,12-14H2,1-3H3,(H,23,25)(H,24,27)/t18?,19-/m0/s1. The van der Waals surface area contributed by atoms with E-state index in [-0.39, 0.29) is 18.4 Å². The Morgan fingerprint density at radius 1 is 1.03 bits per heavy atom. The van der Waals surface area contributed by atoms with Crippen molar-refractivity contribution in [3.63, 3.8) is 0 Å². The molecule has 2 amide bonds. The third kappa shape index (κ3) is 7.07. The Morgan fingerprint density at radius 2 is 1.69 bits per heavy atom. The molecule has 1 aromatic carbocycles. The molecule has 160 valence electrons. The van der Waals surface area contributed by atoms with Crippen molar-refractivity contribution in [1.29, 1.82) is 0 Å². The van der Waals surface area contributed by atoms with Crippen LogP contribution in [0.15, 0.2) is 30.3 Å². The first kappa shape index (κ1) is 22.7. The highest BCUT2D eigenvalue weighted by Crippen LogP contribution is 2.27. The molecule has 0 radical (unpaired) electrons. The molecular formula is C22H32N2O5. The van der Waals surface area contributed by atoms with Crippen LogP contribution in [0.2, 0.25) is 0 Å². The summed E-state index contributed by atoms with van der Waals surface area (Å²) in [5.41, 5.74) is 0.858. The molecule has 1 aliphatic carbocycles. The van der Waals surface area contributed by atoms with Crippen molar-refractivity contribution in [1.82, 2.24) is 10.6 Å². The zero-order valence-corrected chi connectivity index (χ0v) is 17.5. The van der Waals surface area contributed by atoms with E-state index in [0.29, 0.717) is 0 Å². The van der Waals surface area contributed by atoms with E-state index in [9.17, 15) is 14.4 Å². The van der Waals surface area contributed by atoms with Gasteiger partial charge in [0.2, 0.25) is 5.91 Å². The molecule has 1 unspecified atom stereocenters. The van der Waals surface area contributed by atoms with Gasteiger partial charge in [0.1, 0.15) is 18.7 Å². The Balaban J connectivity index is 1.97. The number of hydrogen-bond acceptors (Lipinski definition) is 5. The van der Waals surface area contributed by atoms with Gasteiger partial charge in [0.05, 0.1) is 7.11 Å². The number of alkyl carbamates (subject to hydrolysis) is 1. The molecule has 1 aromatic rings. The predicted molar refractivity (Wildman–Crippen MR) is 109 cm³/mol. The maximum absolute atomic E-state index is 12.9. The van der Waals surface area contributed by atoms with Gasteiger partial charge in [-0.05, 0) is 30.2 Å². The van der Waals surface area contributed by atoms with Gasteiger partial charge in [0.15, 0.2) is 0 Å². The van der Waals surface area contributed by atoms with Gasteiger partial charge in [-0.25, -0.2) is 9.59 Å². The number of hydrogen-bond donors (Lipinski definition) is 2. The lowest BCUT2D eigenvalue weighted by molar-refractivity contribution is -0.147. The molecule has 0 aliphatic heterocycles. The molecule has 2 N–H and O–H groups in total. The van der Waals surface area contributed by atoms with Crippen LogP contribution in [0.1, 0.15) is 51.5 Å².